The Hall–Kier alpha value is -1.32. The third-order valence-corrected chi connectivity index (χ3v) is 4.03. The number of imidazole rings is 1. The molecule has 1 aromatic heterocycles. The van der Waals surface area contributed by atoms with E-state index in [1.807, 2.05) is 18.5 Å². The van der Waals surface area contributed by atoms with E-state index in [0.29, 0.717) is 0 Å². The van der Waals surface area contributed by atoms with Gasteiger partial charge in [-0.15, -0.1) is 0 Å². The molecule has 2 rings (SSSR count). The maximum atomic E-state index is 6.45. The normalized spacial score (nSPS) is 12.6. The molecule has 1 N–H and O–H groups in total. The molecule has 4 heteroatoms. The van der Waals surface area contributed by atoms with Crippen LogP contribution in [0.15, 0.2) is 30.6 Å². The molecule has 0 saturated carbocycles. The van der Waals surface area contributed by atoms with Gasteiger partial charge >= 0.3 is 0 Å². The molecule has 3 nitrogen and oxygen atoms in total. The average Bonchev–Trinajstić information content (AvgIpc) is 2.91. The highest BCUT2D eigenvalue weighted by Crippen LogP contribution is 2.26. The zero-order valence-electron chi connectivity index (χ0n) is 13.1. The second kappa shape index (κ2) is 7.62. The van der Waals surface area contributed by atoms with Crippen molar-refractivity contribution in [3.63, 3.8) is 0 Å². The number of hydrogen-bond acceptors (Lipinski definition) is 2. The Morgan fingerprint density at radius 3 is 2.81 bits per heavy atom. The van der Waals surface area contributed by atoms with Crippen molar-refractivity contribution in [3.8, 4) is 0 Å². The first-order valence-electron chi connectivity index (χ1n) is 7.65. The highest BCUT2D eigenvalue weighted by atomic mass is 35.5. The Morgan fingerprint density at radius 2 is 2.14 bits per heavy atom. The summed E-state index contributed by atoms with van der Waals surface area (Å²) in [4.78, 5) is 4.49. The maximum absolute atomic E-state index is 6.45. The average molecular weight is 306 g/mol. The maximum Gasteiger partial charge on any atom is 0.110 e. The molecule has 1 heterocycles. The van der Waals surface area contributed by atoms with Gasteiger partial charge in [0.1, 0.15) is 5.82 Å². The van der Waals surface area contributed by atoms with Gasteiger partial charge in [-0.2, -0.15) is 0 Å². The summed E-state index contributed by atoms with van der Waals surface area (Å²) in [5, 5.41) is 4.43. The molecule has 0 aliphatic heterocycles. The summed E-state index contributed by atoms with van der Waals surface area (Å²) >= 11 is 6.45. The van der Waals surface area contributed by atoms with Crippen LogP contribution in [0.3, 0.4) is 0 Å². The van der Waals surface area contributed by atoms with E-state index in [2.05, 4.69) is 47.8 Å². The number of hydrogen-bond donors (Lipinski definition) is 1. The largest absolute Gasteiger partial charge is 0.335 e. The second-order valence-electron chi connectivity index (χ2n) is 5.37. The van der Waals surface area contributed by atoms with Crippen LogP contribution in [-0.2, 0) is 13.0 Å². The highest BCUT2D eigenvalue weighted by molar-refractivity contribution is 6.31. The van der Waals surface area contributed by atoms with Crippen LogP contribution in [0.2, 0.25) is 5.02 Å². The van der Waals surface area contributed by atoms with Gasteiger partial charge in [-0.05, 0) is 44.0 Å². The molecule has 0 bridgehead atoms. The SMILES string of the molecule is CCCNC(Cc1nccn1CC)c1ccc(C)cc1Cl. The summed E-state index contributed by atoms with van der Waals surface area (Å²) in [6.07, 6.45) is 5.85. The Bertz CT molecular complexity index is 577. The fourth-order valence-electron chi connectivity index (χ4n) is 2.53. The van der Waals surface area contributed by atoms with E-state index in [1.54, 1.807) is 0 Å². The van der Waals surface area contributed by atoms with Gasteiger partial charge in [-0.25, -0.2) is 4.98 Å². The molecule has 0 aliphatic rings. The Labute approximate surface area is 132 Å². The monoisotopic (exact) mass is 305 g/mol. The van der Waals surface area contributed by atoms with E-state index in [4.69, 9.17) is 11.6 Å². The number of aromatic nitrogens is 2. The Morgan fingerprint density at radius 1 is 1.33 bits per heavy atom. The summed E-state index contributed by atoms with van der Waals surface area (Å²) in [5.41, 5.74) is 2.34. The van der Waals surface area contributed by atoms with Gasteiger partial charge in [0.25, 0.3) is 0 Å². The molecule has 0 saturated heterocycles. The zero-order valence-corrected chi connectivity index (χ0v) is 13.8. The minimum absolute atomic E-state index is 0.200. The first kappa shape index (κ1) is 16.1. The van der Waals surface area contributed by atoms with Crippen molar-refractivity contribution in [1.29, 1.82) is 0 Å². The molecule has 1 unspecified atom stereocenters. The van der Waals surface area contributed by atoms with Crippen LogP contribution in [-0.4, -0.2) is 16.1 Å². The fraction of sp³-hybridized carbons (Fsp3) is 0.471. The standard InChI is InChI=1S/C17H24ClN3/c1-4-8-19-16(12-17-20-9-10-21(17)5-2)14-7-6-13(3)11-15(14)18/h6-7,9-11,16,19H,4-5,8,12H2,1-3H3. The van der Waals surface area contributed by atoms with E-state index >= 15 is 0 Å². The van der Waals surface area contributed by atoms with Crippen molar-refractivity contribution in [2.24, 2.45) is 0 Å². The van der Waals surface area contributed by atoms with Crippen LogP contribution in [0.1, 0.15) is 43.3 Å². The van der Waals surface area contributed by atoms with Gasteiger partial charge in [0, 0.05) is 36.4 Å². The molecule has 0 amide bonds. The molecule has 0 spiro atoms. The van der Waals surface area contributed by atoms with Gasteiger partial charge in [0.2, 0.25) is 0 Å². The molecule has 1 atom stereocenters. The number of halogens is 1. The number of aryl methyl sites for hydroxylation is 2. The third kappa shape index (κ3) is 4.08. The van der Waals surface area contributed by atoms with Crippen molar-refractivity contribution in [2.45, 2.75) is 46.2 Å². The second-order valence-corrected chi connectivity index (χ2v) is 5.77. The Balaban J connectivity index is 2.25. The Kier molecular flexibility index (Phi) is 5.83. The highest BCUT2D eigenvalue weighted by Gasteiger charge is 2.17. The van der Waals surface area contributed by atoms with Crippen LogP contribution >= 0.6 is 11.6 Å². The minimum Gasteiger partial charge on any atom is -0.335 e. The molecule has 21 heavy (non-hydrogen) atoms. The third-order valence-electron chi connectivity index (χ3n) is 3.70. The first-order chi connectivity index (χ1) is 10.2. The summed E-state index contributed by atoms with van der Waals surface area (Å²) in [5.74, 6) is 1.10. The van der Waals surface area contributed by atoms with E-state index < -0.39 is 0 Å². The van der Waals surface area contributed by atoms with Gasteiger partial charge in [-0.3, -0.25) is 0 Å². The smallest absolute Gasteiger partial charge is 0.110 e. The lowest BCUT2D eigenvalue weighted by Crippen LogP contribution is -2.25. The quantitative estimate of drug-likeness (QED) is 0.833. The summed E-state index contributed by atoms with van der Waals surface area (Å²) in [6, 6.07) is 6.48. The fourth-order valence-corrected chi connectivity index (χ4v) is 2.89. The predicted molar refractivity (Wildman–Crippen MR) is 88.8 cm³/mol. The van der Waals surface area contributed by atoms with E-state index in [0.717, 1.165) is 42.3 Å². The lowest BCUT2D eigenvalue weighted by atomic mass is 10.0. The van der Waals surface area contributed by atoms with E-state index in [-0.39, 0.29) is 6.04 Å². The molecular formula is C17H24ClN3. The van der Waals surface area contributed by atoms with Gasteiger partial charge in [-0.1, -0.05) is 30.7 Å². The molecule has 0 fully saturated rings. The lowest BCUT2D eigenvalue weighted by molar-refractivity contribution is 0.506. The minimum atomic E-state index is 0.200. The van der Waals surface area contributed by atoms with Crippen LogP contribution in [0, 0.1) is 6.92 Å². The number of rotatable bonds is 7. The van der Waals surface area contributed by atoms with Gasteiger partial charge in [0.05, 0.1) is 0 Å². The summed E-state index contributed by atoms with van der Waals surface area (Å²) < 4.78 is 2.18. The van der Waals surface area contributed by atoms with Crippen molar-refractivity contribution in [2.75, 3.05) is 6.54 Å². The lowest BCUT2D eigenvalue weighted by Gasteiger charge is -2.20. The molecule has 0 radical (unpaired) electrons. The molecule has 114 valence electrons. The van der Waals surface area contributed by atoms with Crippen molar-refractivity contribution >= 4 is 11.6 Å². The molecule has 0 aliphatic carbocycles. The van der Waals surface area contributed by atoms with Crippen LogP contribution in [0.5, 0.6) is 0 Å². The number of nitrogens with one attached hydrogen (secondary N) is 1. The first-order valence-corrected chi connectivity index (χ1v) is 8.03. The molecule has 1 aromatic carbocycles. The van der Waals surface area contributed by atoms with Crippen molar-refractivity contribution < 1.29 is 0 Å². The van der Waals surface area contributed by atoms with E-state index in [9.17, 15) is 0 Å². The molecular weight excluding hydrogens is 282 g/mol. The van der Waals surface area contributed by atoms with Crippen molar-refractivity contribution in [1.82, 2.24) is 14.9 Å². The predicted octanol–water partition coefficient (Wildman–Crippen LogP) is 4.15. The van der Waals surface area contributed by atoms with Crippen LogP contribution < -0.4 is 5.32 Å². The van der Waals surface area contributed by atoms with Crippen LogP contribution in [0.25, 0.3) is 0 Å². The van der Waals surface area contributed by atoms with E-state index in [1.165, 1.54) is 5.56 Å². The van der Waals surface area contributed by atoms with Crippen molar-refractivity contribution in [3.05, 3.63) is 52.6 Å². The summed E-state index contributed by atoms with van der Waals surface area (Å²) in [7, 11) is 0. The molecule has 2 aromatic rings. The topological polar surface area (TPSA) is 29.9 Å². The zero-order chi connectivity index (χ0) is 15.2. The van der Waals surface area contributed by atoms with Crippen LogP contribution in [0.4, 0.5) is 0 Å². The number of nitrogens with zero attached hydrogens (tertiary/aromatic N) is 2. The number of benzene rings is 1. The van der Waals surface area contributed by atoms with Gasteiger partial charge < -0.3 is 9.88 Å². The summed E-state index contributed by atoms with van der Waals surface area (Å²) in [6.45, 7) is 8.29. The van der Waals surface area contributed by atoms with Gasteiger partial charge in [0.15, 0.2) is 0 Å².